The van der Waals surface area contributed by atoms with Crippen LogP contribution in [-0.2, 0) is 20.8 Å². The second-order valence-electron chi connectivity index (χ2n) is 5.90. The molecule has 122 valence electrons. The Morgan fingerprint density at radius 1 is 1.30 bits per heavy atom. The number of amides is 1. The molecule has 23 heavy (non-hydrogen) atoms. The van der Waals surface area contributed by atoms with Crippen LogP contribution < -0.4 is 5.46 Å². The molecule has 0 atom stereocenters. The van der Waals surface area contributed by atoms with Crippen LogP contribution in [0.3, 0.4) is 0 Å². The van der Waals surface area contributed by atoms with Crippen LogP contribution in [0.15, 0.2) is 18.2 Å². The van der Waals surface area contributed by atoms with E-state index in [2.05, 4.69) is 0 Å². The summed E-state index contributed by atoms with van der Waals surface area (Å²) < 4.78 is 10.3. The first kappa shape index (κ1) is 16.0. The Labute approximate surface area is 135 Å². The normalized spacial score (nSPS) is 16.6. The monoisotopic (exact) mass is 317 g/mol. The van der Waals surface area contributed by atoms with Crippen LogP contribution in [0.25, 0.3) is 0 Å². The zero-order valence-corrected chi connectivity index (χ0v) is 13.0. The van der Waals surface area contributed by atoms with E-state index >= 15 is 0 Å². The van der Waals surface area contributed by atoms with E-state index in [1.165, 1.54) is 0 Å². The number of benzene rings is 1. The number of ether oxygens (including phenoxy) is 1. The van der Waals surface area contributed by atoms with Crippen molar-refractivity contribution < 1.29 is 24.0 Å². The smallest absolute Gasteiger partial charge is 0.462 e. The largest absolute Gasteiger partial charge is 0.491 e. The molecule has 3 rings (SSSR count). The van der Waals surface area contributed by atoms with Crippen molar-refractivity contribution in [1.29, 1.82) is 0 Å². The summed E-state index contributed by atoms with van der Waals surface area (Å²) in [5.74, 6) is -0.308. The molecule has 2 aliphatic heterocycles. The highest BCUT2D eigenvalue weighted by molar-refractivity contribution is 6.61. The zero-order chi connectivity index (χ0) is 16.2. The summed E-state index contributed by atoms with van der Waals surface area (Å²) in [7, 11) is -0.976. The number of nitrogens with zero attached hydrogens (tertiary/aromatic N) is 1. The molecule has 0 saturated carbocycles. The van der Waals surface area contributed by atoms with Crippen molar-refractivity contribution in [1.82, 2.24) is 4.90 Å². The van der Waals surface area contributed by atoms with E-state index in [0.29, 0.717) is 30.5 Å². The Balaban J connectivity index is 1.44. The van der Waals surface area contributed by atoms with Gasteiger partial charge in [-0.1, -0.05) is 6.07 Å². The van der Waals surface area contributed by atoms with E-state index in [0.717, 1.165) is 31.5 Å². The van der Waals surface area contributed by atoms with Crippen LogP contribution in [-0.4, -0.2) is 48.6 Å². The fraction of sp³-hybridized carbons (Fsp3) is 0.500. The van der Waals surface area contributed by atoms with Crippen LogP contribution in [0.2, 0.25) is 0 Å². The molecule has 0 aromatic heterocycles. The first-order chi connectivity index (χ1) is 11.1. The van der Waals surface area contributed by atoms with Gasteiger partial charge in [0.05, 0.1) is 18.8 Å². The van der Waals surface area contributed by atoms with Gasteiger partial charge in [-0.2, -0.15) is 0 Å². The van der Waals surface area contributed by atoms with E-state index in [1.807, 2.05) is 4.90 Å². The molecule has 0 unspecified atom stereocenters. The molecule has 1 fully saturated rings. The van der Waals surface area contributed by atoms with Gasteiger partial charge in [0.15, 0.2) is 0 Å². The lowest BCUT2D eigenvalue weighted by Gasteiger charge is -2.14. The maximum atomic E-state index is 12.0. The van der Waals surface area contributed by atoms with Crippen molar-refractivity contribution in [2.45, 2.75) is 32.3 Å². The van der Waals surface area contributed by atoms with Gasteiger partial charge in [0, 0.05) is 19.5 Å². The molecule has 0 bridgehead atoms. The first-order valence-corrected chi connectivity index (χ1v) is 8.02. The summed E-state index contributed by atoms with van der Waals surface area (Å²) >= 11 is 0. The summed E-state index contributed by atoms with van der Waals surface area (Å²) in [5, 5.41) is 9.65. The molecular formula is C16H20BNO5. The Morgan fingerprint density at radius 3 is 2.87 bits per heavy atom. The molecule has 1 saturated heterocycles. The molecule has 2 aliphatic rings. The Hall–Kier alpha value is -1.86. The maximum absolute atomic E-state index is 12.0. The van der Waals surface area contributed by atoms with Gasteiger partial charge in [-0.05, 0) is 42.4 Å². The lowest BCUT2D eigenvalue weighted by Crippen LogP contribution is -2.29. The van der Waals surface area contributed by atoms with Crippen LogP contribution in [0.4, 0.5) is 0 Å². The van der Waals surface area contributed by atoms with E-state index in [-0.39, 0.29) is 12.5 Å². The van der Waals surface area contributed by atoms with E-state index < -0.39 is 13.1 Å². The van der Waals surface area contributed by atoms with Crippen molar-refractivity contribution in [2.75, 3.05) is 19.7 Å². The van der Waals surface area contributed by atoms with Crippen molar-refractivity contribution >= 4 is 24.5 Å². The molecular weight excluding hydrogens is 297 g/mol. The fourth-order valence-electron chi connectivity index (χ4n) is 2.94. The highest BCUT2D eigenvalue weighted by Crippen LogP contribution is 2.13. The van der Waals surface area contributed by atoms with Gasteiger partial charge >= 0.3 is 13.1 Å². The second kappa shape index (κ2) is 7.15. The summed E-state index contributed by atoms with van der Waals surface area (Å²) in [6.45, 7) is 2.26. The third-order valence-corrected chi connectivity index (χ3v) is 4.27. The predicted octanol–water partition coefficient (Wildman–Crippen LogP) is 0.464. The molecule has 0 radical (unpaired) electrons. The number of hydrogen-bond donors (Lipinski definition) is 1. The van der Waals surface area contributed by atoms with E-state index in [1.54, 1.807) is 18.2 Å². The summed E-state index contributed by atoms with van der Waals surface area (Å²) in [6, 6.07) is 5.03. The summed E-state index contributed by atoms with van der Waals surface area (Å²) in [6.07, 6.45) is 3.09. The van der Waals surface area contributed by atoms with Crippen molar-refractivity contribution in [3.63, 3.8) is 0 Å². The van der Waals surface area contributed by atoms with Gasteiger partial charge in [0.2, 0.25) is 5.91 Å². The number of hydrogen-bond acceptors (Lipinski definition) is 5. The Kier molecular flexibility index (Phi) is 4.98. The van der Waals surface area contributed by atoms with Gasteiger partial charge < -0.3 is 19.3 Å². The SMILES string of the molecule is O=C(OCCCC(=O)N1CCCC1)c1ccc2c(c1)B(O)OC2. The van der Waals surface area contributed by atoms with Gasteiger partial charge in [-0.25, -0.2) is 4.79 Å². The third kappa shape index (κ3) is 3.73. The maximum Gasteiger partial charge on any atom is 0.491 e. The van der Waals surface area contributed by atoms with Crippen molar-refractivity contribution in [2.24, 2.45) is 0 Å². The van der Waals surface area contributed by atoms with Crippen molar-refractivity contribution in [3.8, 4) is 0 Å². The topological polar surface area (TPSA) is 76.1 Å². The average molecular weight is 317 g/mol. The molecule has 1 amide bonds. The number of likely N-dealkylation sites (tertiary alicyclic amines) is 1. The Bertz CT molecular complexity index is 600. The minimum atomic E-state index is -0.976. The quantitative estimate of drug-likeness (QED) is 0.485. The first-order valence-electron chi connectivity index (χ1n) is 8.02. The average Bonchev–Trinajstić information content (AvgIpc) is 3.21. The zero-order valence-electron chi connectivity index (χ0n) is 13.0. The highest BCUT2D eigenvalue weighted by atomic mass is 16.5. The van der Waals surface area contributed by atoms with Gasteiger partial charge in [-0.3, -0.25) is 4.79 Å². The fourth-order valence-corrected chi connectivity index (χ4v) is 2.94. The minimum absolute atomic E-state index is 0.136. The molecule has 1 N–H and O–H groups in total. The standard InChI is InChI=1S/C16H20BNO5/c19-15(18-7-1-2-8-18)4-3-9-22-16(20)12-5-6-13-11-23-17(21)14(13)10-12/h5-6,10,21H,1-4,7-9,11H2. The van der Waals surface area contributed by atoms with Crippen LogP contribution >= 0.6 is 0 Å². The molecule has 1 aromatic rings. The minimum Gasteiger partial charge on any atom is -0.462 e. The van der Waals surface area contributed by atoms with Gasteiger partial charge in [0.1, 0.15) is 0 Å². The molecule has 1 aromatic carbocycles. The molecule has 2 heterocycles. The van der Waals surface area contributed by atoms with Crippen LogP contribution in [0, 0.1) is 0 Å². The van der Waals surface area contributed by atoms with Crippen LogP contribution in [0.5, 0.6) is 0 Å². The van der Waals surface area contributed by atoms with E-state index in [9.17, 15) is 14.6 Å². The number of carbonyl (C=O) groups is 2. The molecule has 0 spiro atoms. The molecule has 6 nitrogen and oxygen atoms in total. The number of rotatable bonds is 5. The number of esters is 1. The van der Waals surface area contributed by atoms with E-state index in [4.69, 9.17) is 9.39 Å². The Morgan fingerprint density at radius 2 is 2.09 bits per heavy atom. The molecule has 7 heteroatoms. The second-order valence-corrected chi connectivity index (χ2v) is 5.90. The highest BCUT2D eigenvalue weighted by Gasteiger charge is 2.28. The number of carbonyl (C=O) groups excluding carboxylic acids is 2. The lowest BCUT2D eigenvalue weighted by molar-refractivity contribution is -0.130. The van der Waals surface area contributed by atoms with Gasteiger partial charge in [0.25, 0.3) is 0 Å². The van der Waals surface area contributed by atoms with Crippen LogP contribution in [0.1, 0.15) is 41.6 Å². The summed E-state index contributed by atoms with van der Waals surface area (Å²) in [4.78, 5) is 25.7. The third-order valence-electron chi connectivity index (χ3n) is 4.27. The predicted molar refractivity (Wildman–Crippen MR) is 84.2 cm³/mol. The number of fused-ring (bicyclic) bond motifs is 1. The molecule has 0 aliphatic carbocycles. The lowest BCUT2D eigenvalue weighted by atomic mass is 9.79. The summed E-state index contributed by atoms with van der Waals surface area (Å²) in [5.41, 5.74) is 1.88. The van der Waals surface area contributed by atoms with Gasteiger partial charge in [-0.15, -0.1) is 0 Å². The van der Waals surface area contributed by atoms with Crippen molar-refractivity contribution in [3.05, 3.63) is 29.3 Å².